The molecule has 0 aromatic heterocycles. The lowest BCUT2D eigenvalue weighted by atomic mass is 10.1. The van der Waals surface area contributed by atoms with Crippen LogP contribution in [0.4, 0.5) is 0 Å². The van der Waals surface area contributed by atoms with Gasteiger partial charge in [-0.05, 0) is 120 Å². The molecule has 0 atom stereocenters. The number of hydrogen-bond acceptors (Lipinski definition) is 12. The minimum absolute atomic E-state index is 0.00537. The first-order valence-electron chi connectivity index (χ1n) is 18.1. The number of esters is 3. The zero-order valence-corrected chi connectivity index (χ0v) is 32.4. The van der Waals surface area contributed by atoms with Gasteiger partial charge in [-0.1, -0.05) is 61.7 Å². The molecule has 4 aromatic carbocycles. The van der Waals surface area contributed by atoms with E-state index in [1.807, 2.05) is 24.3 Å². The number of thioether (sulfide) groups is 1. The number of rotatable bonds is 21. The van der Waals surface area contributed by atoms with Crippen molar-refractivity contribution in [3.63, 3.8) is 0 Å². The molecule has 0 spiro atoms. The molecule has 0 radical (unpaired) electrons. The van der Waals surface area contributed by atoms with E-state index >= 15 is 0 Å². The molecule has 0 aliphatic rings. The minimum atomic E-state index is -0.801. The van der Waals surface area contributed by atoms with Crippen LogP contribution >= 0.6 is 11.8 Å². The highest BCUT2D eigenvalue weighted by Crippen LogP contribution is 2.28. The van der Waals surface area contributed by atoms with Crippen LogP contribution in [0.2, 0.25) is 0 Å². The molecular formula is C46H40N2O9S. The van der Waals surface area contributed by atoms with Crippen molar-refractivity contribution in [3.8, 4) is 40.5 Å². The Hall–Kier alpha value is -7.15. The van der Waals surface area contributed by atoms with E-state index in [2.05, 4.69) is 13.2 Å². The Kier molecular flexibility index (Phi) is 17.8. The standard InChI is InChI=1S/C46H40N2O9S/c1-3-43(49)55-27-7-5-25-53-39-17-9-33(10-18-39)29-37(31-47)45(51)57-41-21-13-35(14-22-41)36-15-23-42(24-16-36)58-46(52)38(32-48)30-34-11-19-40(20-12-34)54-26-6-8-28-56-44(50)4-2/h3-4,9-24,29-30H,1-2,5-8,25-28H2/b37-29+,38-30+. The van der Waals surface area contributed by atoms with Gasteiger partial charge in [-0.2, -0.15) is 10.5 Å². The highest BCUT2D eigenvalue weighted by Gasteiger charge is 2.14. The van der Waals surface area contributed by atoms with Crippen molar-refractivity contribution in [1.82, 2.24) is 0 Å². The third-order valence-corrected chi connectivity index (χ3v) is 8.88. The number of benzene rings is 4. The number of unbranched alkanes of at least 4 members (excludes halogenated alkanes) is 2. The maximum atomic E-state index is 13.0. The van der Waals surface area contributed by atoms with E-state index < -0.39 is 23.0 Å². The lowest BCUT2D eigenvalue weighted by molar-refractivity contribution is -0.138. The normalized spacial score (nSPS) is 10.9. The summed E-state index contributed by atoms with van der Waals surface area (Å²) in [4.78, 5) is 48.6. The number of nitriles is 2. The second-order valence-corrected chi connectivity index (χ2v) is 13.2. The predicted octanol–water partition coefficient (Wildman–Crippen LogP) is 8.87. The minimum Gasteiger partial charge on any atom is -0.494 e. The van der Waals surface area contributed by atoms with Gasteiger partial charge in [0.05, 0.1) is 26.4 Å². The van der Waals surface area contributed by atoms with Crippen molar-refractivity contribution >= 4 is 46.9 Å². The van der Waals surface area contributed by atoms with Crippen LogP contribution < -0.4 is 14.2 Å². The molecule has 11 nitrogen and oxygen atoms in total. The van der Waals surface area contributed by atoms with Gasteiger partial charge in [-0.15, -0.1) is 0 Å². The SMILES string of the molecule is C=CC(=O)OCCCCOc1ccc(/C=C(\C#N)C(=O)Oc2ccc(-c3ccc(SC(=O)/C(C#N)=C/c4ccc(OCCCCOC(=O)C=C)cc4)cc3)cc2)cc1. The predicted molar refractivity (Wildman–Crippen MR) is 220 cm³/mol. The Bertz CT molecular complexity index is 2040. The number of carbonyl (C=O) groups is 4. The van der Waals surface area contributed by atoms with Gasteiger partial charge in [-0.25, -0.2) is 14.4 Å². The van der Waals surface area contributed by atoms with Gasteiger partial charge in [0.25, 0.3) is 0 Å². The van der Waals surface area contributed by atoms with E-state index in [9.17, 15) is 29.7 Å². The molecule has 4 aromatic rings. The molecule has 0 bridgehead atoms. The fraction of sp³-hybridized carbons (Fsp3) is 0.174. The maximum absolute atomic E-state index is 13.0. The molecule has 0 aliphatic carbocycles. The van der Waals surface area contributed by atoms with Crippen LogP contribution in [-0.4, -0.2) is 49.5 Å². The van der Waals surface area contributed by atoms with Crippen LogP contribution in [0, 0.1) is 22.7 Å². The first-order chi connectivity index (χ1) is 28.2. The number of ether oxygens (including phenoxy) is 5. The fourth-order valence-electron chi connectivity index (χ4n) is 4.93. The molecule has 0 fully saturated rings. The third kappa shape index (κ3) is 14.8. The molecule has 0 unspecified atom stereocenters. The summed E-state index contributed by atoms with van der Waals surface area (Å²) >= 11 is 0.944. The summed E-state index contributed by atoms with van der Waals surface area (Å²) in [6, 6.07) is 31.9. The molecule has 4 rings (SSSR count). The quantitative estimate of drug-likeness (QED) is 0.0197. The average Bonchev–Trinajstić information content (AvgIpc) is 3.25. The molecular weight excluding hydrogens is 757 g/mol. The highest BCUT2D eigenvalue weighted by atomic mass is 32.2. The topological polar surface area (TPSA) is 162 Å². The van der Waals surface area contributed by atoms with E-state index in [1.54, 1.807) is 84.9 Å². The zero-order valence-electron chi connectivity index (χ0n) is 31.6. The second-order valence-electron chi connectivity index (χ2n) is 12.2. The van der Waals surface area contributed by atoms with Crippen molar-refractivity contribution in [2.45, 2.75) is 30.6 Å². The summed E-state index contributed by atoms with van der Waals surface area (Å²) < 4.78 is 26.7. The lowest BCUT2D eigenvalue weighted by Gasteiger charge is -2.08. The van der Waals surface area contributed by atoms with Crippen molar-refractivity contribution in [3.05, 3.63) is 145 Å². The summed E-state index contributed by atoms with van der Waals surface area (Å²) in [6.07, 6.45) is 7.89. The Morgan fingerprint density at radius 1 is 0.552 bits per heavy atom. The van der Waals surface area contributed by atoms with Crippen LogP contribution in [0.25, 0.3) is 23.3 Å². The molecule has 12 heteroatoms. The summed E-state index contributed by atoms with van der Waals surface area (Å²) in [7, 11) is 0. The van der Waals surface area contributed by atoms with Gasteiger partial charge in [0.2, 0.25) is 5.12 Å². The highest BCUT2D eigenvalue weighted by molar-refractivity contribution is 8.14. The Morgan fingerprint density at radius 3 is 1.41 bits per heavy atom. The van der Waals surface area contributed by atoms with E-state index in [1.165, 1.54) is 12.2 Å². The molecule has 294 valence electrons. The molecule has 0 aliphatic heterocycles. The number of nitrogens with zero attached hydrogens (tertiary/aromatic N) is 2. The average molecular weight is 797 g/mol. The zero-order chi connectivity index (χ0) is 41.5. The van der Waals surface area contributed by atoms with Crippen molar-refractivity contribution in [2.24, 2.45) is 0 Å². The van der Waals surface area contributed by atoms with Crippen LogP contribution in [0.3, 0.4) is 0 Å². The van der Waals surface area contributed by atoms with Gasteiger partial charge < -0.3 is 23.7 Å². The molecule has 0 N–H and O–H groups in total. The summed E-state index contributed by atoms with van der Waals surface area (Å²) in [5, 5.41) is 18.9. The maximum Gasteiger partial charge on any atom is 0.354 e. The largest absolute Gasteiger partial charge is 0.494 e. The van der Waals surface area contributed by atoms with Crippen LogP contribution in [-0.2, 0) is 28.7 Å². The van der Waals surface area contributed by atoms with E-state index in [-0.39, 0.29) is 23.5 Å². The second kappa shape index (κ2) is 23.7. The monoisotopic (exact) mass is 796 g/mol. The summed E-state index contributed by atoms with van der Waals surface area (Å²) in [5.74, 6) is -0.199. The van der Waals surface area contributed by atoms with E-state index in [0.717, 1.165) is 35.0 Å². The Morgan fingerprint density at radius 2 is 0.966 bits per heavy atom. The van der Waals surface area contributed by atoms with Crippen LogP contribution in [0.1, 0.15) is 36.8 Å². The van der Waals surface area contributed by atoms with Gasteiger partial charge in [-0.3, -0.25) is 4.79 Å². The first kappa shape index (κ1) is 43.6. The van der Waals surface area contributed by atoms with Crippen molar-refractivity contribution < 1.29 is 42.9 Å². The number of hydrogen-bond donors (Lipinski definition) is 0. The molecule has 0 amide bonds. The van der Waals surface area contributed by atoms with Crippen LogP contribution in [0.5, 0.6) is 17.2 Å². The Labute approximate surface area is 341 Å². The summed E-state index contributed by atoms with van der Waals surface area (Å²) in [6.45, 7) is 8.16. The fourth-order valence-corrected chi connectivity index (χ4v) is 5.63. The molecule has 0 saturated carbocycles. The van der Waals surface area contributed by atoms with E-state index in [4.69, 9.17) is 23.7 Å². The van der Waals surface area contributed by atoms with Gasteiger partial charge in [0.15, 0.2) is 0 Å². The smallest absolute Gasteiger partial charge is 0.354 e. The summed E-state index contributed by atoms with van der Waals surface area (Å²) in [5.41, 5.74) is 2.78. The third-order valence-electron chi connectivity index (χ3n) is 7.96. The molecule has 0 saturated heterocycles. The van der Waals surface area contributed by atoms with Gasteiger partial charge in [0.1, 0.15) is 40.5 Å². The molecule has 0 heterocycles. The van der Waals surface area contributed by atoms with E-state index in [0.29, 0.717) is 73.0 Å². The van der Waals surface area contributed by atoms with Crippen molar-refractivity contribution in [2.75, 3.05) is 26.4 Å². The van der Waals surface area contributed by atoms with Crippen molar-refractivity contribution in [1.29, 1.82) is 10.5 Å². The van der Waals surface area contributed by atoms with Gasteiger partial charge in [0, 0.05) is 17.0 Å². The van der Waals surface area contributed by atoms with Crippen LogP contribution in [0.15, 0.2) is 138 Å². The molecule has 58 heavy (non-hydrogen) atoms. The van der Waals surface area contributed by atoms with Gasteiger partial charge >= 0.3 is 17.9 Å². The lowest BCUT2D eigenvalue weighted by Crippen LogP contribution is -2.10. The number of carbonyl (C=O) groups excluding carboxylic acids is 4. The first-order valence-corrected chi connectivity index (χ1v) is 19.0. The Balaban J connectivity index is 1.24.